The van der Waals surface area contributed by atoms with E-state index in [4.69, 9.17) is 4.74 Å². The molecule has 9 nitrogen and oxygen atoms in total. The number of aromatic amines is 1. The Morgan fingerprint density at radius 2 is 2.21 bits per heavy atom. The smallest absolute Gasteiger partial charge is 0.362 e. The Labute approximate surface area is 143 Å². The zero-order valence-electron chi connectivity index (χ0n) is 12.2. The van der Waals surface area contributed by atoms with Gasteiger partial charge in [-0.3, -0.25) is 25.0 Å². The normalized spacial score (nSPS) is 10.6. The first-order valence-electron chi connectivity index (χ1n) is 6.64. The lowest BCUT2D eigenvalue weighted by molar-refractivity contribution is -0.386. The summed E-state index contributed by atoms with van der Waals surface area (Å²) in [6, 6.07) is 7.01. The van der Waals surface area contributed by atoms with Gasteiger partial charge in [-0.1, -0.05) is 22.0 Å². The second kappa shape index (κ2) is 6.24. The van der Waals surface area contributed by atoms with E-state index in [0.29, 0.717) is 11.2 Å². The number of nitrogens with one attached hydrogen (secondary N) is 2. The molecule has 122 valence electrons. The van der Waals surface area contributed by atoms with Crippen LogP contribution in [0.4, 0.5) is 11.4 Å². The van der Waals surface area contributed by atoms with Crippen molar-refractivity contribution >= 4 is 44.1 Å². The maximum absolute atomic E-state index is 12.4. The van der Waals surface area contributed by atoms with Crippen molar-refractivity contribution in [1.82, 2.24) is 15.2 Å². The minimum atomic E-state index is -0.727. The molecular formula is C14H10BrN5O4. The molecule has 1 amide bonds. The minimum absolute atomic E-state index is 0.260. The first-order valence-corrected chi connectivity index (χ1v) is 7.43. The van der Waals surface area contributed by atoms with Gasteiger partial charge in [0.25, 0.3) is 5.91 Å². The lowest BCUT2D eigenvalue weighted by Gasteiger charge is -2.08. The van der Waals surface area contributed by atoms with E-state index in [1.54, 1.807) is 24.4 Å². The van der Waals surface area contributed by atoms with Gasteiger partial charge in [-0.05, 0) is 18.2 Å². The van der Waals surface area contributed by atoms with Crippen molar-refractivity contribution in [2.45, 2.75) is 0 Å². The van der Waals surface area contributed by atoms with Crippen LogP contribution >= 0.6 is 15.9 Å². The van der Waals surface area contributed by atoms with E-state index in [2.05, 4.69) is 36.4 Å². The number of carbonyl (C=O) groups excluding carboxylic acids is 1. The van der Waals surface area contributed by atoms with Crippen LogP contribution in [0.3, 0.4) is 0 Å². The van der Waals surface area contributed by atoms with Gasteiger partial charge >= 0.3 is 11.6 Å². The van der Waals surface area contributed by atoms with Crippen LogP contribution in [-0.2, 0) is 0 Å². The highest BCUT2D eigenvalue weighted by Crippen LogP contribution is 2.31. The summed E-state index contributed by atoms with van der Waals surface area (Å²) >= 11 is 3.41. The van der Waals surface area contributed by atoms with E-state index in [9.17, 15) is 14.9 Å². The topological polar surface area (TPSA) is 123 Å². The average molecular weight is 392 g/mol. The summed E-state index contributed by atoms with van der Waals surface area (Å²) in [6.07, 6.45) is 1.59. The number of methoxy groups -OCH3 is 1. The first-order chi connectivity index (χ1) is 11.5. The zero-order valence-corrected chi connectivity index (χ0v) is 13.8. The summed E-state index contributed by atoms with van der Waals surface area (Å²) < 4.78 is 5.61. The number of carbonyl (C=O) groups is 1. The summed E-state index contributed by atoms with van der Waals surface area (Å²) in [5, 5.41) is 20.5. The molecule has 1 aromatic carbocycles. The maximum Gasteiger partial charge on any atom is 0.362 e. The fourth-order valence-electron chi connectivity index (χ4n) is 2.21. The summed E-state index contributed by atoms with van der Waals surface area (Å²) in [7, 11) is 1.23. The molecule has 0 radical (unpaired) electrons. The Bertz CT molecular complexity index is 955. The van der Waals surface area contributed by atoms with Gasteiger partial charge in [0.1, 0.15) is 0 Å². The van der Waals surface area contributed by atoms with Crippen LogP contribution in [0, 0.1) is 10.1 Å². The Morgan fingerprint density at radius 3 is 2.92 bits per heavy atom. The van der Waals surface area contributed by atoms with Crippen LogP contribution in [0.5, 0.6) is 5.88 Å². The number of ether oxygens (including phenoxy) is 1. The molecule has 0 aliphatic heterocycles. The quantitative estimate of drug-likeness (QED) is 0.520. The van der Waals surface area contributed by atoms with Gasteiger partial charge in [-0.25, -0.2) is 0 Å². The van der Waals surface area contributed by atoms with Gasteiger partial charge in [0.2, 0.25) is 5.69 Å². The van der Waals surface area contributed by atoms with Crippen LogP contribution in [0.2, 0.25) is 0 Å². The molecule has 3 rings (SSSR count). The number of halogens is 1. The number of pyridine rings is 1. The first kappa shape index (κ1) is 15.9. The Hall–Kier alpha value is -3.01. The molecule has 0 saturated heterocycles. The number of fused-ring (bicyclic) bond motifs is 1. The fraction of sp³-hybridized carbons (Fsp3) is 0.0714. The molecule has 0 atom stereocenters. The number of anilines is 1. The van der Waals surface area contributed by atoms with E-state index in [1.807, 2.05) is 6.07 Å². The molecule has 2 heterocycles. The van der Waals surface area contributed by atoms with E-state index in [-0.39, 0.29) is 11.6 Å². The third-order valence-corrected chi connectivity index (χ3v) is 3.97. The summed E-state index contributed by atoms with van der Waals surface area (Å²) in [5.41, 5.74) is 0.143. The molecule has 10 heteroatoms. The number of amides is 1. The maximum atomic E-state index is 12.4. The molecule has 24 heavy (non-hydrogen) atoms. The van der Waals surface area contributed by atoms with Crippen molar-refractivity contribution in [3.63, 3.8) is 0 Å². The number of benzene rings is 1. The van der Waals surface area contributed by atoms with E-state index in [0.717, 1.165) is 9.86 Å². The van der Waals surface area contributed by atoms with Crippen molar-refractivity contribution in [2.24, 2.45) is 0 Å². The van der Waals surface area contributed by atoms with E-state index in [1.165, 1.54) is 7.11 Å². The molecule has 2 N–H and O–H groups in total. The average Bonchev–Trinajstić information content (AvgIpc) is 3.02. The van der Waals surface area contributed by atoms with Crippen LogP contribution in [-0.4, -0.2) is 33.1 Å². The van der Waals surface area contributed by atoms with Gasteiger partial charge in [0.05, 0.1) is 23.2 Å². The molecule has 0 spiro atoms. The summed E-state index contributed by atoms with van der Waals surface area (Å²) in [5.74, 6) is -0.976. The third kappa shape index (κ3) is 2.67. The predicted molar refractivity (Wildman–Crippen MR) is 89.2 cm³/mol. The Balaban J connectivity index is 2.01. The monoisotopic (exact) mass is 391 g/mol. The lowest BCUT2D eigenvalue weighted by Crippen LogP contribution is -2.14. The van der Waals surface area contributed by atoms with E-state index >= 15 is 0 Å². The molecule has 2 aromatic heterocycles. The van der Waals surface area contributed by atoms with Gasteiger partial charge in [-0.15, -0.1) is 5.10 Å². The number of hydrogen-bond donors (Lipinski definition) is 2. The number of hydrogen-bond acceptors (Lipinski definition) is 6. The highest BCUT2D eigenvalue weighted by molar-refractivity contribution is 9.10. The molecule has 3 aromatic rings. The van der Waals surface area contributed by atoms with E-state index < -0.39 is 16.5 Å². The SMILES string of the molecule is COc1n[nH]c(C(=O)Nc2ccc(Br)c3cccnc23)c1[N+](=O)[O-]. The Morgan fingerprint density at radius 1 is 1.42 bits per heavy atom. The largest absolute Gasteiger partial charge is 0.475 e. The van der Waals surface area contributed by atoms with Crippen LogP contribution in [0.1, 0.15) is 10.5 Å². The fourth-order valence-corrected chi connectivity index (χ4v) is 2.67. The van der Waals surface area contributed by atoms with Crippen molar-refractivity contribution in [2.75, 3.05) is 12.4 Å². The minimum Gasteiger partial charge on any atom is -0.475 e. The second-order valence-electron chi connectivity index (χ2n) is 4.66. The predicted octanol–water partition coefficient (Wildman–Crippen LogP) is 2.89. The van der Waals surface area contributed by atoms with Crippen LogP contribution in [0.15, 0.2) is 34.9 Å². The standard InChI is InChI=1S/C14H10BrN5O4/c1-24-14-12(20(22)23)11(18-19-14)13(21)17-9-5-4-8(15)7-3-2-6-16-10(7)9/h2-6H,1H3,(H,17,21)(H,18,19). The van der Waals surface area contributed by atoms with Gasteiger partial charge in [0.15, 0.2) is 0 Å². The summed E-state index contributed by atoms with van der Waals surface area (Å²) in [6.45, 7) is 0. The molecule has 0 fully saturated rings. The molecular weight excluding hydrogens is 382 g/mol. The van der Waals surface area contributed by atoms with Crippen molar-refractivity contribution in [3.8, 4) is 5.88 Å². The van der Waals surface area contributed by atoms with Crippen molar-refractivity contribution in [3.05, 3.63) is 50.7 Å². The molecule has 0 bridgehead atoms. The molecule has 0 aliphatic carbocycles. The van der Waals surface area contributed by atoms with Gasteiger partial charge < -0.3 is 10.1 Å². The highest BCUT2D eigenvalue weighted by atomic mass is 79.9. The number of nitro groups is 1. The summed E-state index contributed by atoms with van der Waals surface area (Å²) in [4.78, 5) is 27.1. The number of nitrogens with zero attached hydrogens (tertiary/aromatic N) is 3. The molecule has 0 saturated carbocycles. The number of aromatic nitrogens is 3. The van der Waals surface area contributed by atoms with Crippen LogP contribution in [0.25, 0.3) is 10.9 Å². The number of rotatable bonds is 4. The number of H-pyrrole nitrogens is 1. The van der Waals surface area contributed by atoms with Crippen LogP contribution < -0.4 is 10.1 Å². The molecule has 0 aliphatic rings. The van der Waals surface area contributed by atoms with Crippen molar-refractivity contribution in [1.29, 1.82) is 0 Å². The zero-order chi connectivity index (χ0) is 17.3. The Kier molecular flexibility index (Phi) is 4.13. The molecule has 0 unspecified atom stereocenters. The third-order valence-electron chi connectivity index (χ3n) is 3.28. The lowest BCUT2D eigenvalue weighted by atomic mass is 10.2. The van der Waals surface area contributed by atoms with Gasteiger partial charge in [-0.2, -0.15) is 0 Å². The highest BCUT2D eigenvalue weighted by Gasteiger charge is 2.30. The second-order valence-corrected chi connectivity index (χ2v) is 5.52. The van der Waals surface area contributed by atoms with Crippen molar-refractivity contribution < 1.29 is 14.5 Å². The van der Waals surface area contributed by atoms with Gasteiger partial charge in [0, 0.05) is 16.1 Å².